The maximum absolute atomic E-state index is 13.2. The molecule has 0 unspecified atom stereocenters. The van der Waals surface area contributed by atoms with Crippen LogP contribution in [0.4, 0.5) is 10.2 Å². The molecule has 0 bridgehead atoms. The molecule has 1 saturated heterocycles. The first-order chi connectivity index (χ1) is 8.69. The molecule has 0 aromatic carbocycles. The summed E-state index contributed by atoms with van der Waals surface area (Å²) in [5.41, 5.74) is 6.24. The molecule has 3 N–H and O–H groups in total. The number of halogens is 1. The summed E-state index contributed by atoms with van der Waals surface area (Å²) < 4.78 is 20.4. The first kappa shape index (κ1) is 11.3. The second-order valence-corrected chi connectivity index (χ2v) is 4.17. The molecular formula is C10H12FN5O2. The van der Waals surface area contributed by atoms with E-state index in [9.17, 15) is 4.39 Å². The highest BCUT2D eigenvalue weighted by Gasteiger charge is 2.27. The van der Waals surface area contributed by atoms with Gasteiger partial charge in [-0.1, -0.05) is 0 Å². The Hall–Kier alpha value is -1.80. The Labute approximate surface area is 101 Å². The molecule has 0 radical (unpaired) electrons. The van der Waals surface area contributed by atoms with E-state index < -0.39 is 6.08 Å². The third kappa shape index (κ3) is 1.70. The molecule has 1 aliphatic rings. The number of hydrogen-bond acceptors (Lipinski definition) is 6. The number of anilines is 1. The van der Waals surface area contributed by atoms with Crippen LogP contribution < -0.4 is 5.73 Å². The Morgan fingerprint density at radius 2 is 2.33 bits per heavy atom. The van der Waals surface area contributed by atoms with Crippen LogP contribution in [0.3, 0.4) is 0 Å². The van der Waals surface area contributed by atoms with E-state index in [1.165, 1.54) is 6.33 Å². The Morgan fingerprint density at radius 1 is 1.50 bits per heavy atom. The number of aliphatic hydroxyl groups excluding tert-OH is 1. The van der Waals surface area contributed by atoms with Gasteiger partial charge in [-0.3, -0.25) is 4.57 Å². The Morgan fingerprint density at radius 3 is 3.06 bits per heavy atom. The summed E-state index contributed by atoms with van der Waals surface area (Å²) in [5.74, 6) is 0.00737. The van der Waals surface area contributed by atoms with Gasteiger partial charge in [-0.05, 0) is 12.8 Å². The lowest BCUT2D eigenvalue weighted by molar-refractivity contribution is -0.0207. The van der Waals surface area contributed by atoms with Crippen molar-refractivity contribution in [1.82, 2.24) is 19.5 Å². The smallest absolute Gasteiger partial charge is 0.312 e. The molecule has 3 heterocycles. The van der Waals surface area contributed by atoms with Crippen LogP contribution in [0.1, 0.15) is 19.1 Å². The van der Waals surface area contributed by atoms with Crippen molar-refractivity contribution in [3.63, 3.8) is 0 Å². The maximum atomic E-state index is 13.2. The van der Waals surface area contributed by atoms with E-state index in [0.717, 1.165) is 6.42 Å². The highest BCUT2D eigenvalue weighted by atomic mass is 19.1. The van der Waals surface area contributed by atoms with E-state index in [-0.39, 0.29) is 24.8 Å². The largest absolute Gasteiger partial charge is 0.394 e. The summed E-state index contributed by atoms with van der Waals surface area (Å²) in [6, 6.07) is 0. The molecule has 2 aromatic rings. The molecule has 7 nitrogen and oxygen atoms in total. The van der Waals surface area contributed by atoms with Gasteiger partial charge in [-0.2, -0.15) is 14.4 Å². The Bertz CT molecular complexity index is 587. The molecule has 2 atom stereocenters. The van der Waals surface area contributed by atoms with Crippen molar-refractivity contribution in [3.05, 3.63) is 12.4 Å². The summed E-state index contributed by atoms with van der Waals surface area (Å²) in [6.07, 6.45) is 1.56. The predicted molar refractivity (Wildman–Crippen MR) is 59.9 cm³/mol. The van der Waals surface area contributed by atoms with Crippen molar-refractivity contribution in [2.45, 2.75) is 25.2 Å². The molecule has 18 heavy (non-hydrogen) atoms. The number of aromatic nitrogens is 4. The van der Waals surface area contributed by atoms with E-state index in [0.29, 0.717) is 17.6 Å². The average molecular weight is 253 g/mol. The van der Waals surface area contributed by atoms with Gasteiger partial charge >= 0.3 is 6.08 Å². The van der Waals surface area contributed by atoms with Crippen LogP contribution >= 0.6 is 0 Å². The number of fused-ring (bicyclic) bond motifs is 1. The Kier molecular flexibility index (Phi) is 2.60. The zero-order valence-electron chi connectivity index (χ0n) is 9.45. The van der Waals surface area contributed by atoms with Crippen LogP contribution in [0.2, 0.25) is 0 Å². The van der Waals surface area contributed by atoms with Crippen LogP contribution in [0.25, 0.3) is 11.2 Å². The SMILES string of the molecule is Nc1nc(F)nc2c1ncn2[C@@H]1CC[C@H](CO)O1. The van der Waals surface area contributed by atoms with Crippen molar-refractivity contribution in [2.75, 3.05) is 12.3 Å². The Balaban J connectivity index is 2.03. The molecule has 1 aliphatic heterocycles. The van der Waals surface area contributed by atoms with Crippen LogP contribution in [0, 0.1) is 6.08 Å². The lowest BCUT2D eigenvalue weighted by Crippen LogP contribution is -2.14. The first-order valence-corrected chi connectivity index (χ1v) is 5.61. The van der Waals surface area contributed by atoms with Gasteiger partial charge in [0.15, 0.2) is 17.0 Å². The van der Waals surface area contributed by atoms with E-state index in [2.05, 4.69) is 15.0 Å². The third-order valence-electron chi connectivity index (χ3n) is 3.02. The zero-order chi connectivity index (χ0) is 12.7. The minimum atomic E-state index is -0.890. The van der Waals surface area contributed by atoms with Crippen molar-refractivity contribution in [3.8, 4) is 0 Å². The summed E-state index contributed by atoms with van der Waals surface area (Å²) in [5, 5.41) is 9.03. The minimum Gasteiger partial charge on any atom is -0.394 e. The molecule has 0 spiro atoms. The van der Waals surface area contributed by atoms with Gasteiger partial charge in [0.25, 0.3) is 0 Å². The van der Waals surface area contributed by atoms with E-state index in [1.54, 1.807) is 4.57 Å². The highest BCUT2D eigenvalue weighted by molar-refractivity contribution is 5.81. The van der Waals surface area contributed by atoms with Gasteiger partial charge in [-0.15, -0.1) is 0 Å². The van der Waals surface area contributed by atoms with Crippen molar-refractivity contribution >= 4 is 17.0 Å². The molecule has 0 saturated carbocycles. The van der Waals surface area contributed by atoms with E-state index in [4.69, 9.17) is 15.6 Å². The van der Waals surface area contributed by atoms with Gasteiger partial charge in [0, 0.05) is 0 Å². The van der Waals surface area contributed by atoms with Crippen LogP contribution in [0.5, 0.6) is 0 Å². The first-order valence-electron chi connectivity index (χ1n) is 5.61. The molecule has 96 valence electrons. The number of hydrogen-bond donors (Lipinski definition) is 2. The van der Waals surface area contributed by atoms with Crippen molar-refractivity contribution in [1.29, 1.82) is 0 Å². The standard InChI is InChI=1S/C10H12FN5O2/c11-10-14-8(12)7-9(15-10)16(4-13-7)6-2-1-5(3-17)18-6/h4-6,17H,1-3H2,(H2,12,14,15)/t5-,6+/m1/s1. The maximum Gasteiger partial charge on any atom is 0.312 e. The number of aliphatic hydroxyl groups is 1. The van der Waals surface area contributed by atoms with Gasteiger partial charge in [-0.25, -0.2) is 4.98 Å². The quantitative estimate of drug-likeness (QED) is 0.743. The number of rotatable bonds is 2. The fourth-order valence-corrected chi connectivity index (χ4v) is 2.15. The monoisotopic (exact) mass is 253 g/mol. The van der Waals surface area contributed by atoms with Crippen molar-refractivity contribution in [2.24, 2.45) is 0 Å². The second-order valence-electron chi connectivity index (χ2n) is 4.17. The van der Waals surface area contributed by atoms with Gasteiger partial charge in [0.05, 0.1) is 19.0 Å². The summed E-state index contributed by atoms with van der Waals surface area (Å²) in [4.78, 5) is 11.2. The van der Waals surface area contributed by atoms with Crippen LogP contribution in [-0.2, 0) is 4.74 Å². The van der Waals surface area contributed by atoms with E-state index in [1.807, 2.05) is 0 Å². The average Bonchev–Trinajstić information content (AvgIpc) is 2.93. The topological polar surface area (TPSA) is 99.1 Å². The van der Waals surface area contributed by atoms with Gasteiger partial charge in [0.1, 0.15) is 6.23 Å². The number of nitrogens with two attached hydrogens (primary N) is 1. The fourth-order valence-electron chi connectivity index (χ4n) is 2.15. The summed E-state index contributed by atoms with van der Waals surface area (Å²) in [6.45, 7) is -0.0331. The zero-order valence-corrected chi connectivity index (χ0v) is 9.45. The summed E-state index contributed by atoms with van der Waals surface area (Å²) >= 11 is 0. The molecule has 0 amide bonds. The van der Waals surface area contributed by atoms with Crippen LogP contribution in [0.15, 0.2) is 6.33 Å². The fraction of sp³-hybridized carbons (Fsp3) is 0.500. The van der Waals surface area contributed by atoms with Gasteiger partial charge in [0.2, 0.25) is 0 Å². The molecule has 1 fully saturated rings. The third-order valence-corrected chi connectivity index (χ3v) is 3.02. The number of imidazole rings is 1. The molecule has 2 aromatic heterocycles. The lowest BCUT2D eigenvalue weighted by atomic mass is 10.2. The number of ether oxygens (including phenoxy) is 1. The predicted octanol–water partition coefficient (Wildman–Crippen LogP) is 0.217. The molecule has 0 aliphatic carbocycles. The van der Waals surface area contributed by atoms with Crippen molar-refractivity contribution < 1.29 is 14.2 Å². The van der Waals surface area contributed by atoms with Crippen LogP contribution in [-0.4, -0.2) is 37.3 Å². The highest BCUT2D eigenvalue weighted by Crippen LogP contribution is 2.30. The van der Waals surface area contributed by atoms with Gasteiger partial charge < -0.3 is 15.6 Å². The van der Waals surface area contributed by atoms with E-state index >= 15 is 0 Å². The number of nitrogen functional groups attached to an aromatic ring is 1. The lowest BCUT2D eigenvalue weighted by Gasteiger charge is -2.13. The number of nitrogens with zero attached hydrogens (tertiary/aromatic N) is 4. The normalized spacial score (nSPS) is 23.9. The second kappa shape index (κ2) is 4.14. The molecule has 3 rings (SSSR count). The summed E-state index contributed by atoms with van der Waals surface area (Å²) in [7, 11) is 0. The molecule has 8 heteroatoms. The minimum absolute atomic E-state index is 0.00737. The molecular weight excluding hydrogens is 241 g/mol.